The normalized spacial score (nSPS) is 15.4. The molecule has 1 aliphatic carbocycles. The Morgan fingerprint density at radius 1 is 0.783 bits per heavy atom. The van der Waals surface area contributed by atoms with Gasteiger partial charge in [-0.05, 0) is 34.4 Å². The summed E-state index contributed by atoms with van der Waals surface area (Å²) in [6.45, 7) is 2.24. The van der Waals surface area contributed by atoms with E-state index in [-0.39, 0.29) is 0 Å². The Morgan fingerprint density at radius 2 is 1.39 bits per heavy atom. The first-order chi connectivity index (χ1) is 11.3. The summed E-state index contributed by atoms with van der Waals surface area (Å²) in [6, 6.07) is 24.0. The summed E-state index contributed by atoms with van der Waals surface area (Å²) in [5.41, 5.74) is 5.65. The maximum absolute atomic E-state index is 4.93. The molecule has 114 valence electrons. The minimum absolute atomic E-state index is 0.400. The molecule has 0 bridgehead atoms. The van der Waals surface area contributed by atoms with Crippen LogP contribution in [0.3, 0.4) is 0 Å². The van der Waals surface area contributed by atoms with Gasteiger partial charge in [-0.15, -0.1) is 0 Å². The van der Waals surface area contributed by atoms with Crippen LogP contribution in [0.5, 0.6) is 0 Å². The molecule has 3 aromatic rings. The molecule has 1 atom stereocenters. The predicted molar refractivity (Wildman–Crippen MR) is 97.6 cm³/mol. The molecular formula is C20H16Cl2Zr. The number of benzene rings is 3. The van der Waals surface area contributed by atoms with Crippen molar-refractivity contribution in [3.05, 3.63) is 89.0 Å². The standard InChI is InChI=1S/C20H16.2ClH.Zr/c1-14-13-16-8-3-5-11-18(16)20(14)19-12-6-9-15-7-2-4-10-17(15)19;;;/h2-13,20H,1H3;2*1H;/q;;;+2/p-2. The van der Waals surface area contributed by atoms with E-state index in [0.717, 1.165) is 0 Å². The molecule has 0 saturated carbocycles. The Bertz CT molecular complexity index is 850. The zero-order valence-corrected chi connectivity index (χ0v) is 16.7. The molecule has 4 rings (SSSR count). The Kier molecular flexibility index (Phi) is 5.75. The van der Waals surface area contributed by atoms with Crippen molar-refractivity contribution in [3.8, 4) is 0 Å². The van der Waals surface area contributed by atoms with E-state index in [1.165, 1.54) is 33.0 Å². The Morgan fingerprint density at radius 3 is 2.22 bits per heavy atom. The van der Waals surface area contributed by atoms with Gasteiger partial charge in [0.1, 0.15) is 0 Å². The summed E-state index contributed by atoms with van der Waals surface area (Å²) in [6.07, 6.45) is 2.32. The van der Waals surface area contributed by atoms with Crippen molar-refractivity contribution in [3.63, 3.8) is 0 Å². The van der Waals surface area contributed by atoms with Gasteiger partial charge in [0.05, 0.1) is 0 Å². The van der Waals surface area contributed by atoms with E-state index in [0.29, 0.717) is 5.92 Å². The van der Waals surface area contributed by atoms with Crippen molar-refractivity contribution < 1.29 is 20.8 Å². The molecule has 3 heteroatoms. The third kappa shape index (κ3) is 3.48. The number of allylic oxidation sites excluding steroid dienone is 1. The van der Waals surface area contributed by atoms with Crippen molar-refractivity contribution in [2.45, 2.75) is 12.8 Å². The topological polar surface area (TPSA) is 0 Å². The molecular weight excluding hydrogens is 402 g/mol. The maximum atomic E-state index is 4.93. The van der Waals surface area contributed by atoms with Gasteiger partial charge < -0.3 is 0 Å². The second-order valence-corrected chi connectivity index (χ2v) is 9.32. The van der Waals surface area contributed by atoms with Crippen molar-refractivity contribution in [2.75, 3.05) is 0 Å². The molecule has 0 amide bonds. The first kappa shape index (κ1) is 17.0. The summed E-state index contributed by atoms with van der Waals surface area (Å²) in [5.74, 6) is 0.400. The number of hydrogen-bond acceptors (Lipinski definition) is 0. The van der Waals surface area contributed by atoms with E-state index in [2.05, 4.69) is 79.7 Å². The molecule has 0 spiro atoms. The third-order valence-corrected chi connectivity index (χ3v) is 4.28. The van der Waals surface area contributed by atoms with E-state index in [1.54, 1.807) is 0 Å². The molecule has 0 heterocycles. The van der Waals surface area contributed by atoms with Crippen LogP contribution in [0.15, 0.2) is 72.3 Å². The molecule has 1 unspecified atom stereocenters. The van der Waals surface area contributed by atoms with Gasteiger partial charge in [-0.25, -0.2) is 0 Å². The Balaban J connectivity index is 0.000000485. The molecule has 0 fully saturated rings. The second-order valence-electron chi connectivity index (χ2n) is 5.59. The summed E-state index contributed by atoms with van der Waals surface area (Å²) in [5, 5.41) is 2.69. The van der Waals surface area contributed by atoms with Gasteiger partial charge in [0.25, 0.3) is 0 Å². The van der Waals surface area contributed by atoms with Crippen LogP contribution in [0.2, 0.25) is 0 Å². The van der Waals surface area contributed by atoms with Crippen molar-refractivity contribution in [1.82, 2.24) is 0 Å². The van der Waals surface area contributed by atoms with E-state index in [4.69, 9.17) is 17.0 Å². The zero-order valence-electron chi connectivity index (χ0n) is 12.8. The molecule has 0 radical (unpaired) electrons. The number of halogens is 2. The fourth-order valence-electron chi connectivity index (χ4n) is 3.39. The van der Waals surface area contributed by atoms with Crippen LogP contribution in [0.25, 0.3) is 16.8 Å². The van der Waals surface area contributed by atoms with E-state index < -0.39 is 20.8 Å². The fourth-order valence-corrected chi connectivity index (χ4v) is 3.39. The Labute approximate surface area is 155 Å². The van der Waals surface area contributed by atoms with E-state index in [9.17, 15) is 0 Å². The first-order valence-electron chi connectivity index (χ1n) is 7.47. The van der Waals surface area contributed by atoms with Gasteiger partial charge in [0.2, 0.25) is 0 Å². The van der Waals surface area contributed by atoms with Gasteiger partial charge in [-0.2, -0.15) is 0 Å². The summed E-state index contributed by atoms with van der Waals surface area (Å²) < 4.78 is 0. The van der Waals surface area contributed by atoms with Gasteiger partial charge in [0.15, 0.2) is 0 Å². The molecule has 1 aliphatic rings. The number of fused-ring (bicyclic) bond motifs is 2. The summed E-state index contributed by atoms with van der Waals surface area (Å²) in [4.78, 5) is 0. The second kappa shape index (κ2) is 7.80. The zero-order chi connectivity index (χ0) is 16.2. The van der Waals surface area contributed by atoms with Crippen LogP contribution in [0, 0.1) is 0 Å². The molecule has 0 N–H and O–H groups in total. The first-order valence-corrected chi connectivity index (χ1v) is 13.8. The van der Waals surface area contributed by atoms with Crippen LogP contribution in [0.4, 0.5) is 0 Å². The van der Waals surface area contributed by atoms with Crippen LogP contribution in [-0.2, 0) is 20.8 Å². The predicted octanol–water partition coefficient (Wildman–Crippen LogP) is 6.77. The third-order valence-electron chi connectivity index (χ3n) is 4.28. The molecule has 0 saturated heterocycles. The van der Waals surface area contributed by atoms with Crippen molar-refractivity contribution in [2.24, 2.45) is 0 Å². The van der Waals surface area contributed by atoms with Crippen LogP contribution in [-0.4, -0.2) is 0 Å². The van der Waals surface area contributed by atoms with Gasteiger partial charge in [-0.3, -0.25) is 0 Å². The quantitative estimate of drug-likeness (QED) is 0.409. The number of rotatable bonds is 1. The van der Waals surface area contributed by atoms with Crippen molar-refractivity contribution in [1.29, 1.82) is 0 Å². The molecule has 23 heavy (non-hydrogen) atoms. The van der Waals surface area contributed by atoms with E-state index in [1.807, 2.05) is 0 Å². The summed E-state index contributed by atoms with van der Waals surface area (Å²) >= 11 is -0.826. The van der Waals surface area contributed by atoms with Crippen LogP contribution in [0.1, 0.15) is 29.5 Å². The molecule has 3 aromatic carbocycles. The monoisotopic (exact) mass is 416 g/mol. The Hall–Kier alpha value is -0.877. The van der Waals surface area contributed by atoms with Crippen LogP contribution >= 0.6 is 17.0 Å². The van der Waals surface area contributed by atoms with Gasteiger partial charge in [0, 0.05) is 5.92 Å². The fraction of sp³-hybridized carbons (Fsp3) is 0.100. The van der Waals surface area contributed by atoms with Crippen LogP contribution < -0.4 is 0 Å². The average molecular weight is 418 g/mol. The average Bonchev–Trinajstić information content (AvgIpc) is 2.91. The van der Waals surface area contributed by atoms with E-state index >= 15 is 0 Å². The molecule has 0 aromatic heterocycles. The molecule has 0 nitrogen and oxygen atoms in total. The van der Waals surface area contributed by atoms with Gasteiger partial charge in [-0.1, -0.05) is 78.4 Å². The SMILES string of the molecule is CC1=Cc2ccccc2C1c1cccc2ccccc12.[Cl][Zr][Cl]. The minimum atomic E-state index is -0.826. The van der Waals surface area contributed by atoms with Gasteiger partial charge >= 0.3 is 37.9 Å². The number of hydrogen-bond donors (Lipinski definition) is 0. The summed E-state index contributed by atoms with van der Waals surface area (Å²) in [7, 11) is 9.87. The van der Waals surface area contributed by atoms with Crippen molar-refractivity contribution >= 4 is 33.9 Å². The molecule has 0 aliphatic heterocycles.